The van der Waals surface area contributed by atoms with E-state index in [2.05, 4.69) is 16.0 Å². The second kappa shape index (κ2) is 10.7. The third-order valence-electron chi connectivity index (χ3n) is 6.60. The molecule has 0 aliphatic heterocycles. The first-order valence-electron chi connectivity index (χ1n) is 12.1. The molecule has 0 unspecified atom stereocenters. The number of benzene rings is 3. The molecular weight excluding hydrogens is 441 g/mol. The van der Waals surface area contributed by atoms with Crippen LogP contribution in [0.5, 0.6) is 0 Å². The van der Waals surface area contributed by atoms with Crippen LogP contribution in [0, 0.1) is 12.7 Å². The fraction of sp³-hybridized carbons (Fsp3) is 0.310. The number of carbonyl (C=O) groups excluding carboxylic acids is 2. The molecule has 1 aliphatic carbocycles. The van der Waals surface area contributed by atoms with Crippen LogP contribution >= 0.6 is 0 Å². The van der Waals surface area contributed by atoms with Crippen molar-refractivity contribution in [3.63, 3.8) is 0 Å². The summed E-state index contributed by atoms with van der Waals surface area (Å²) in [5, 5.41) is 9.23. The number of aryl methyl sites for hydroxylation is 1. The summed E-state index contributed by atoms with van der Waals surface area (Å²) in [7, 11) is 0. The van der Waals surface area contributed by atoms with Gasteiger partial charge in [0.15, 0.2) is 0 Å². The van der Waals surface area contributed by atoms with Crippen LogP contribution in [0.4, 0.5) is 15.8 Å². The quantitative estimate of drug-likeness (QED) is 0.383. The summed E-state index contributed by atoms with van der Waals surface area (Å²) in [6.45, 7) is 3.61. The van der Waals surface area contributed by atoms with Crippen molar-refractivity contribution in [2.45, 2.75) is 58.0 Å². The lowest BCUT2D eigenvalue weighted by Gasteiger charge is -2.37. The Morgan fingerprint density at radius 1 is 0.857 bits per heavy atom. The maximum atomic E-state index is 14.7. The normalized spacial score (nSPS) is 14.7. The van der Waals surface area contributed by atoms with E-state index >= 15 is 0 Å². The Bertz CT molecular complexity index is 1180. The molecule has 4 rings (SSSR count). The molecule has 3 aromatic carbocycles. The van der Waals surface area contributed by atoms with Gasteiger partial charge >= 0.3 is 0 Å². The molecule has 2 amide bonds. The van der Waals surface area contributed by atoms with Gasteiger partial charge in [0.25, 0.3) is 0 Å². The molecule has 0 heterocycles. The molecule has 3 N–H and O–H groups in total. The molecule has 0 saturated heterocycles. The van der Waals surface area contributed by atoms with Gasteiger partial charge in [0.05, 0.1) is 0 Å². The number of nitrogens with one attached hydrogen (secondary N) is 3. The van der Waals surface area contributed by atoms with Crippen molar-refractivity contribution in [1.82, 2.24) is 5.32 Å². The van der Waals surface area contributed by atoms with E-state index in [1.54, 1.807) is 12.1 Å². The van der Waals surface area contributed by atoms with E-state index in [1.165, 1.54) is 13.0 Å². The SMILES string of the molecule is CC(=O)Nc1ccc(-c2ccc(F)c(CNC(=O)C3(Nc4ccc(C)cc4)CCCCC3)c2)cc1. The van der Waals surface area contributed by atoms with Gasteiger partial charge in [0.2, 0.25) is 11.8 Å². The van der Waals surface area contributed by atoms with E-state index < -0.39 is 5.54 Å². The summed E-state index contributed by atoms with van der Waals surface area (Å²) in [6.07, 6.45) is 4.56. The molecule has 0 radical (unpaired) electrons. The molecule has 0 spiro atoms. The Morgan fingerprint density at radius 2 is 1.49 bits per heavy atom. The number of amides is 2. The van der Waals surface area contributed by atoms with Crippen LogP contribution in [0.2, 0.25) is 0 Å². The molecular formula is C29H32FN3O2. The van der Waals surface area contributed by atoms with Crippen LogP contribution in [-0.2, 0) is 16.1 Å². The van der Waals surface area contributed by atoms with E-state index in [-0.39, 0.29) is 24.2 Å². The lowest BCUT2D eigenvalue weighted by molar-refractivity contribution is -0.126. The van der Waals surface area contributed by atoms with Crippen LogP contribution < -0.4 is 16.0 Å². The van der Waals surface area contributed by atoms with Crippen LogP contribution in [0.3, 0.4) is 0 Å². The average Bonchev–Trinajstić information content (AvgIpc) is 2.85. The van der Waals surface area contributed by atoms with Gasteiger partial charge in [-0.25, -0.2) is 4.39 Å². The van der Waals surface area contributed by atoms with Crippen LogP contribution in [-0.4, -0.2) is 17.4 Å². The van der Waals surface area contributed by atoms with Gasteiger partial charge in [-0.1, -0.05) is 55.2 Å². The highest BCUT2D eigenvalue weighted by atomic mass is 19.1. The minimum absolute atomic E-state index is 0.0951. The highest BCUT2D eigenvalue weighted by Crippen LogP contribution is 2.32. The number of anilines is 2. The zero-order chi connectivity index (χ0) is 24.8. The number of hydrogen-bond acceptors (Lipinski definition) is 3. The fourth-order valence-corrected chi connectivity index (χ4v) is 4.66. The molecule has 0 atom stereocenters. The predicted octanol–water partition coefficient (Wildman–Crippen LogP) is 6.19. The minimum atomic E-state index is -0.693. The molecule has 0 aromatic heterocycles. The van der Waals surface area contributed by atoms with Gasteiger partial charge in [-0.3, -0.25) is 9.59 Å². The zero-order valence-corrected chi connectivity index (χ0v) is 20.3. The molecule has 3 aromatic rings. The zero-order valence-electron chi connectivity index (χ0n) is 20.3. The molecule has 1 saturated carbocycles. The molecule has 5 nitrogen and oxygen atoms in total. The van der Waals surface area contributed by atoms with Crippen molar-refractivity contribution in [1.29, 1.82) is 0 Å². The number of halogens is 1. The monoisotopic (exact) mass is 473 g/mol. The Labute approximate surface area is 206 Å². The summed E-state index contributed by atoms with van der Waals surface area (Å²) >= 11 is 0. The molecule has 6 heteroatoms. The molecule has 1 fully saturated rings. The maximum absolute atomic E-state index is 14.7. The van der Waals surface area contributed by atoms with Crippen molar-refractivity contribution >= 4 is 23.2 Å². The minimum Gasteiger partial charge on any atom is -0.371 e. The van der Waals surface area contributed by atoms with Gasteiger partial charge < -0.3 is 16.0 Å². The summed E-state index contributed by atoms with van der Waals surface area (Å²) < 4.78 is 14.7. The standard InChI is InChI=1S/C29H32FN3O2/c1-20-6-11-26(12-7-20)33-29(16-4-3-5-17-29)28(35)31-19-24-18-23(10-15-27(24)30)22-8-13-25(14-9-22)32-21(2)34/h6-15,18,33H,3-5,16-17,19H2,1-2H3,(H,31,35)(H,32,34). The first-order valence-corrected chi connectivity index (χ1v) is 12.1. The second-order valence-corrected chi connectivity index (χ2v) is 9.38. The van der Waals surface area contributed by atoms with Gasteiger partial charge in [-0.15, -0.1) is 0 Å². The highest BCUT2D eigenvalue weighted by Gasteiger charge is 2.39. The van der Waals surface area contributed by atoms with E-state index in [1.807, 2.05) is 55.5 Å². The summed E-state index contributed by atoms with van der Waals surface area (Å²) in [5.74, 6) is -0.583. The summed E-state index contributed by atoms with van der Waals surface area (Å²) in [6, 6.07) is 20.3. The lowest BCUT2D eigenvalue weighted by atomic mass is 9.80. The van der Waals surface area contributed by atoms with Crippen LogP contribution in [0.1, 0.15) is 50.2 Å². The number of carbonyl (C=O) groups is 2. The number of rotatable bonds is 7. The predicted molar refractivity (Wildman–Crippen MR) is 139 cm³/mol. The average molecular weight is 474 g/mol. The van der Waals surface area contributed by atoms with E-state index in [0.717, 1.165) is 54.5 Å². The van der Waals surface area contributed by atoms with Crippen molar-refractivity contribution in [3.05, 3.63) is 83.7 Å². The Kier molecular flexibility index (Phi) is 7.49. The molecule has 35 heavy (non-hydrogen) atoms. The lowest BCUT2D eigenvalue weighted by Crippen LogP contribution is -2.53. The van der Waals surface area contributed by atoms with E-state index in [9.17, 15) is 14.0 Å². The molecule has 1 aliphatic rings. The van der Waals surface area contributed by atoms with Crippen molar-refractivity contribution in [3.8, 4) is 11.1 Å². The van der Waals surface area contributed by atoms with Crippen molar-refractivity contribution in [2.24, 2.45) is 0 Å². The van der Waals surface area contributed by atoms with Gasteiger partial charge in [-0.05, 0) is 67.3 Å². The number of hydrogen-bond donors (Lipinski definition) is 3. The maximum Gasteiger partial charge on any atom is 0.245 e. The topological polar surface area (TPSA) is 70.2 Å². The first kappa shape index (κ1) is 24.5. The van der Waals surface area contributed by atoms with Gasteiger partial charge in [0, 0.05) is 30.4 Å². The largest absolute Gasteiger partial charge is 0.371 e. The Morgan fingerprint density at radius 3 is 2.14 bits per heavy atom. The third kappa shape index (κ3) is 6.07. The van der Waals surface area contributed by atoms with E-state index in [4.69, 9.17) is 0 Å². The highest BCUT2D eigenvalue weighted by molar-refractivity contribution is 5.90. The van der Waals surface area contributed by atoms with Gasteiger partial charge in [0.1, 0.15) is 11.4 Å². The second-order valence-electron chi connectivity index (χ2n) is 9.38. The van der Waals surface area contributed by atoms with Gasteiger partial charge in [-0.2, -0.15) is 0 Å². The Hall–Kier alpha value is -3.67. The first-order chi connectivity index (χ1) is 16.8. The summed E-state index contributed by atoms with van der Waals surface area (Å²) in [4.78, 5) is 24.7. The molecule has 182 valence electrons. The van der Waals surface area contributed by atoms with Crippen LogP contribution in [0.25, 0.3) is 11.1 Å². The van der Waals surface area contributed by atoms with Crippen molar-refractivity contribution in [2.75, 3.05) is 10.6 Å². The third-order valence-corrected chi connectivity index (χ3v) is 6.60. The Balaban J connectivity index is 1.48. The van der Waals surface area contributed by atoms with Crippen LogP contribution in [0.15, 0.2) is 66.7 Å². The summed E-state index contributed by atoms with van der Waals surface area (Å²) in [5.41, 5.74) is 4.27. The van der Waals surface area contributed by atoms with E-state index in [0.29, 0.717) is 11.3 Å². The molecule has 0 bridgehead atoms. The van der Waals surface area contributed by atoms with Crippen molar-refractivity contribution < 1.29 is 14.0 Å². The fourth-order valence-electron chi connectivity index (χ4n) is 4.66. The smallest absolute Gasteiger partial charge is 0.245 e.